The van der Waals surface area contributed by atoms with Gasteiger partial charge in [0, 0.05) is 31.7 Å². The summed E-state index contributed by atoms with van der Waals surface area (Å²) in [5, 5.41) is 12.8. The van der Waals surface area contributed by atoms with Gasteiger partial charge in [-0.2, -0.15) is 4.52 Å². The van der Waals surface area contributed by atoms with E-state index >= 15 is 0 Å². The molecular weight excluding hydrogens is 344 g/mol. The molecule has 3 heterocycles. The van der Waals surface area contributed by atoms with Crippen LogP contribution in [-0.2, 0) is 0 Å². The highest BCUT2D eigenvalue weighted by Gasteiger charge is 2.21. The van der Waals surface area contributed by atoms with E-state index in [0.717, 1.165) is 49.1 Å². The van der Waals surface area contributed by atoms with Crippen LogP contribution in [0.3, 0.4) is 0 Å². The molecule has 140 valence electrons. The van der Waals surface area contributed by atoms with Crippen molar-refractivity contribution in [2.24, 2.45) is 0 Å². The summed E-state index contributed by atoms with van der Waals surface area (Å²) in [6.07, 6.45) is 0.892. The number of amides is 1. The molecule has 1 fully saturated rings. The summed E-state index contributed by atoms with van der Waals surface area (Å²) in [5.74, 6) is 2.44. The summed E-state index contributed by atoms with van der Waals surface area (Å²) < 4.78 is 6.91. The predicted octanol–water partition coefficient (Wildman–Crippen LogP) is 1.79. The van der Waals surface area contributed by atoms with Gasteiger partial charge in [0.05, 0.1) is 7.11 Å². The molecule has 27 heavy (non-hydrogen) atoms. The van der Waals surface area contributed by atoms with E-state index in [0.29, 0.717) is 12.1 Å². The third-order valence-electron chi connectivity index (χ3n) is 4.85. The number of benzene rings is 1. The minimum Gasteiger partial charge on any atom is -0.497 e. The fraction of sp³-hybridized carbons (Fsp3) is 0.368. The Kier molecular flexibility index (Phi) is 4.62. The second-order valence-corrected chi connectivity index (χ2v) is 6.57. The number of aromatic nitrogens is 4. The van der Waals surface area contributed by atoms with E-state index in [2.05, 4.69) is 20.2 Å². The number of anilines is 1. The second kappa shape index (κ2) is 7.22. The van der Waals surface area contributed by atoms with Crippen molar-refractivity contribution in [3.63, 3.8) is 0 Å². The van der Waals surface area contributed by atoms with Crippen molar-refractivity contribution >= 4 is 17.4 Å². The van der Waals surface area contributed by atoms with E-state index in [9.17, 15) is 4.79 Å². The highest BCUT2D eigenvalue weighted by atomic mass is 16.5. The lowest BCUT2D eigenvalue weighted by Gasteiger charge is -2.23. The molecule has 4 rings (SSSR count). The number of rotatable bonds is 3. The molecule has 1 aliphatic heterocycles. The first-order valence-electron chi connectivity index (χ1n) is 9.03. The molecule has 0 atom stereocenters. The van der Waals surface area contributed by atoms with Gasteiger partial charge in [-0.25, -0.2) is 0 Å². The molecule has 0 N–H and O–H groups in total. The number of carbonyl (C=O) groups is 1. The third kappa shape index (κ3) is 3.42. The van der Waals surface area contributed by atoms with Crippen LogP contribution in [0.1, 0.15) is 22.6 Å². The summed E-state index contributed by atoms with van der Waals surface area (Å²) in [4.78, 5) is 16.9. The monoisotopic (exact) mass is 366 g/mol. The van der Waals surface area contributed by atoms with E-state index in [1.165, 1.54) is 0 Å². The van der Waals surface area contributed by atoms with Crippen LogP contribution in [0.2, 0.25) is 0 Å². The third-order valence-corrected chi connectivity index (χ3v) is 4.85. The van der Waals surface area contributed by atoms with Crippen LogP contribution in [-0.4, -0.2) is 63.9 Å². The van der Waals surface area contributed by atoms with Crippen LogP contribution in [0.5, 0.6) is 5.75 Å². The summed E-state index contributed by atoms with van der Waals surface area (Å²) in [7, 11) is 1.62. The maximum absolute atomic E-state index is 12.8. The van der Waals surface area contributed by atoms with Crippen LogP contribution < -0.4 is 9.64 Å². The first-order chi connectivity index (χ1) is 13.2. The molecule has 0 bridgehead atoms. The molecule has 8 heteroatoms. The largest absolute Gasteiger partial charge is 0.497 e. The summed E-state index contributed by atoms with van der Waals surface area (Å²) in [6, 6.07) is 11.1. The molecule has 0 unspecified atom stereocenters. The number of ether oxygens (including phenoxy) is 1. The maximum Gasteiger partial charge on any atom is 0.253 e. The molecule has 8 nitrogen and oxygen atoms in total. The van der Waals surface area contributed by atoms with Crippen LogP contribution >= 0.6 is 0 Å². The molecule has 0 aliphatic carbocycles. The Balaban J connectivity index is 1.47. The van der Waals surface area contributed by atoms with Gasteiger partial charge in [-0.05, 0) is 49.7 Å². The van der Waals surface area contributed by atoms with Crippen LogP contribution in [0, 0.1) is 6.92 Å². The minimum absolute atomic E-state index is 0.0533. The number of methoxy groups -OCH3 is 1. The lowest BCUT2D eigenvalue weighted by Crippen LogP contribution is -2.35. The number of hydrogen-bond acceptors (Lipinski definition) is 6. The van der Waals surface area contributed by atoms with Crippen LogP contribution in [0.4, 0.5) is 5.82 Å². The first kappa shape index (κ1) is 17.3. The zero-order valence-electron chi connectivity index (χ0n) is 15.5. The van der Waals surface area contributed by atoms with Gasteiger partial charge < -0.3 is 14.5 Å². The molecule has 0 spiro atoms. The lowest BCUT2D eigenvalue weighted by molar-refractivity contribution is 0.0767. The van der Waals surface area contributed by atoms with E-state index in [1.807, 2.05) is 48.2 Å². The molecule has 1 saturated heterocycles. The lowest BCUT2D eigenvalue weighted by atomic mass is 10.2. The fourth-order valence-electron chi connectivity index (χ4n) is 3.32. The van der Waals surface area contributed by atoms with Gasteiger partial charge in [-0.1, -0.05) is 0 Å². The predicted molar refractivity (Wildman–Crippen MR) is 101 cm³/mol. The number of hydrogen-bond donors (Lipinski definition) is 0. The van der Waals surface area contributed by atoms with Gasteiger partial charge in [-0.15, -0.1) is 15.3 Å². The minimum atomic E-state index is 0.0533. The first-order valence-corrected chi connectivity index (χ1v) is 9.03. The SMILES string of the molecule is COc1ccc(C(=O)N2CCCN(c3ccc4nnc(C)n4n3)CC2)cc1. The smallest absolute Gasteiger partial charge is 0.253 e. The molecule has 1 aliphatic rings. The fourth-order valence-corrected chi connectivity index (χ4v) is 3.32. The topological polar surface area (TPSA) is 75.9 Å². The van der Waals surface area contributed by atoms with Crippen LogP contribution in [0.15, 0.2) is 36.4 Å². The van der Waals surface area contributed by atoms with Crippen molar-refractivity contribution < 1.29 is 9.53 Å². The number of fused-ring (bicyclic) bond motifs is 1. The summed E-state index contributed by atoms with van der Waals surface area (Å²) >= 11 is 0. The Bertz CT molecular complexity index is 952. The second-order valence-electron chi connectivity index (χ2n) is 6.57. The van der Waals surface area contributed by atoms with Crippen molar-refractivity contribution in [3.05, 3.63) is 47.8 Å². The van der Waals surface area contributed by atoms with Gasteiger partial charge in [0.1, 0.15) is 11.6 Å². The average Bonchev–Trinajstić information content (AvgIpc) is 2.93. The van der Waals surface area contributed by atoms with E-state index in [-0.39, 0.29) is 5.91 Å². The molecule has 2 aromatic heterocycles. The Labute approximate surface area is 157 Å². The van der Waals surface area contributed by atoms with Crippen LogP contribution in [0.25, 0.3) is 5.65 Å². The highest BCUT2D eigenvalue weighted by Crippen LogP contribution is 2.17. The number of aryl methyl sites for hydroxylation is 1. The molecule has 1 amide bonds. The average molecular weight is 366 g/mol. The van der Waals surface area contributed by atoms with Gasteiger partial charge in [0.2, 0.25) is 0 Å². The van der Waals surface area contributed by atoms with Gasteiger partial charge in [-0.3, -0.25) is 4.79 Å². The Morgan fingerprint density at radius 1 is 1.00 bits per heavy atom. The Hall–Kier alpha value is -3.16. The zero-order valence-corrected chi connectivity index (χ0v) is 15.5. The Morgan fingerprint density at radius 3 is 2.59 bits per heavy atom. The summed E-state index contributed by atoms with van der Waals surface area (Å²) in [6.45, 7) is 4.86. The standard InChI is InChI=1S/C19H22N6O2/c1-14-20-21-17-8-9-18(22-25(14)17)23-10-3-11-24(13-12-23)19(26)15-4-6-16(27-2)7-5-15/h4-9H,3,10-13H2,1-2H3. The van der Waals surface area contributed by atoms with E-state index in [4.69, 9.17) is 4.74 Å². The van der Waals surface area contributed by atoms with E-state index < -0.39 is 0 Å². The molecule has 0 saturated carbocycles. The molecule has 1 aromatic carbocycles. The van der Waals surface area contributed by atoms with Gasteiger partial charge in [0.25, 0.3) is 5.91 Å². The van der Waals surface area contributed by atoms with Gasteiger partial charge >= 0.3 is 0 Å². The normalized spacial score (nSPS) is 15.0. The van der Waals surface area contributed by atoms with Gasteiger partial charge in [0.15, 0.2) is 11.5 Å². The van der Waals surface area contributed by atoms with Crippen molar-refractivity contribution in [2.75, 3.05) is 38.2 Å². The number of nitrogens with zero attached hydrogens (tertiary/aromatic N) is 6. The van der Waals surface area contributed by atoms with Crippen molar-refractivity contribution in [1.82, 2.24) is 24.7 Å². The zero-order chi connectivity index (χ0) is 18.8. The van der Waals surface area contributed by atoms with Crippen molar-refractivity contribution in [2.45, 2.75) is 13.3 Å². The summed E-state index contributed by atoms with van der Waals surface area (Å²) in [5.41, 5.74) is 1.42. The molecule has 3 aromatic rings. The highest BCUT2D eigenvalue weighted by molar-refractivity contribution is 5.94. The van der Waals surface area contributed by atoms with E-state index in [1.54, 1.807) is 11.6 Å². The molecular formula is C19H22N6O2. The maximum atomic E-state index is 12.8. The van der Waals surface area contributed by atoms with Crippen molar-refractivity contribution in [1.29, 1.82) is 0 Å². The molecule has 0 radical (unpaired) electrons. The van der Waals surface area contributed by atoms with Crippen molar-refractivity contribution in [3.8, 4) is 5.75 Å². The Morgan fingerprint density at radius 2 is 1.81 bits per heavy atom. The number of carbonyl (C=O) groups excluding carboxylic acids is 1. The quantitative estimate of drug-likeness (QED) is 0.704.